The molecule has 2 bridgehead atoms. The van der Waals surface area contributed by atoms with Crippen molar-refractivity contribution in [3.05, 3.63) is 63.7 Å². The van der Waals surface area contributed by atoms with E-state index >= 15 is 0 Å². The number of amides is 1. The lowest BCUT2D eigenvalue weighted by molar-refractivity contribution is -0.121. The van der Waals surface area contributed by atoms with Crippen LogP contribution < -0.4 is 15.5 Å². The van der Waals surface area contributed by atoms with E-state index in [1.807, 2.05) is 0 Å². The summed E-state index contributed by atoms with van der Waals surface area (Å²) in [6, 6.07) is 5.86. The van der Waals surface area contributed by atoms with E-state index < -0.39 is 17.1 Å². The average Bonchev–Trinajstić information content (AvgIpc) is 3.37. The van der Waals surface area contributed by atoms with E-state index in [1.54, 1.807) is 19.1 Å². The molecule has 3 N–H and O–H groups in total. The first-order valence-electron chi connectivity index (χ1n) is 10.5. The van der Waals surface area contributed by atoms with Crippen molar-refractivity contribution in [3.63, 3.8) is 0 Å². The number of methoxy groups -OCH3 is 1. The van der Waals surface area contributed by atoms with Gasteiger partial charge in [-0.25, -0.2) is 0 Å². The Bertz CT molecular complexity index is 1070. The second kappa shape index (κ2) is 8.49. The van der Waals surface area contributed by atoms with Crippen LogP contribution in [0, 0.1) is 24.7 Å². The minimum atomic E-state index is -0.720. The third kappa shape index (κ3) is 4.31. The molecule has 4 rings (SSSR count). The van der Waals surface area contributed by atoms with Gasteiger partial charge in [-0.1, -0.05) is 18.2 Å². The predicted octanol–water partition coefficient (Wildman–Crippen LogP) is 3.22. The summed E-state index contributed by atoms with van der Waals surface area (Å²) in [7, 11) is 1.43. The number of benzene rings is 1. The van der Waals surface area contributed by atoms with Gasteiger partial charge in [0.1, 0.15) is 5.76 Å². The Morgan fingerprint density at radius 2 is 2.06 bits per heavy atom. The number of phenols is 1. The molecule has 1 saturated carbocycles. The SMILES string of the molecule is COc1cc(C(CC(=O)NCC2CC3C=CC2C3)c2oc(C)cc(=O)c2O)ccc1O. The van der Waals surface area contributed by atoms with Gasteiger partial charge < -0.3 is 24.7 Å². The zero-order chi connectivity index (χ0) is 22.1. The molecule has 31 heavy (non-hydrogen) atoms. The Labute approximate surface area is 180 Å². The topological polar surface area (TPSA) is 109 Å². The van der Waals surface area contributed by atoms with E-state index in [-0.39, 0.29) is 29.6 Å². The summed E-state index contributed by atoms with van der Waals surface area (Å²) >= 11 is 0. The van der Waals surface area contributed by atoms with Crippen LogP contribution in [0.1, 0.15) is 42.3 Å². The highest BCUT2D eigenvalue weighted by Crippen LogP contribution is 2.43. The number of hydrogen-bond donors (Lipinski definition) is 3. The predicted molar refractivity (Wildman–Crippen MR) is 114 cm³/mol. The van der Waals surface area contributed by atoms with Crippen molar-refractivity contribution in [1.29, 1.82) is 0 Å². The van der Waals surface area contributed by atoms with Crippen LogP contribution in [0.4, 0.5) is 0 Å². The lowest BCUT2D eigenvalue weighted by Crippen LogP contribution is -2.32. The molecule has 1 aromatic heterocycles. The molecule has 7 nitrogen and oxygen atoms in total. The van der Waals surface area contributed by atoms with Crippen LogP contribution in [-0.4, -0.2) is 29.8 Å². The smallest absolute Gasteiger partial charge is 0.227 e. The first kappa shape index (κ1) is 21.0. The molecular formula is C24H27NO6. The highest BCUT2D eigenvalue weighted by molar-refractivity contribution is 5.77. The summed E-state index contributed by atoms with van der Waals surface area (Å²) in [4.78, 5) is 25.0. The molecule has 1 amide bonds. The Kier molecular flexibility index (Phi) is 5.76. The number of aromatic hydroxyl groups is 2. The lowest BCUT2D eigenvalue weighted by Gasteiger charge is -2.21. The van der Waals surface area contributed by atoms with Gasteiger partial charge in [0.05, 0.1) is 13.0 Å². The van der Waals surface area contributed by atoms with Gasteiger partial charge in [0.25, 0.3) is 0 Å². The van der Waals surface area contributed by atoms with E-state index in [9.17, 15) is 19.8 Å². The summed E-state index contributed by atoms with van der Waals surface area (Å²) in [5.74, 6) is 0.696. The molecular weight excluding hydrogens is 398 g/mol. The van der Waals surface area contributed by atoms with Crippen molar-refractivity contribution in [2.24, 2.45) is 17.8 Å². The molecule has 1 fully saturated rings. The monoisotopic (exact) mass is 425 g/mol. The first-order valence-corrected chi connectivity index (χ1v) is 10.5. The number of allylic oxidation sites excluding steroid dienone is 2. The van der Waals surface area contributed by atoms with Gasteiger partial charge in [-0.2, -0.15) is 0 Å². The van der Waals surface area contributed by atoms with Gasteiger partial charge in [0.2, 0.25) is 17.1 Å². The summed E-state index contributed by atoms with van der Waals surface area (Å²) in [6.45, 7) is 2.21. The number of phenolic OH excluding ortho intramolecular Hbond substituents is 1. The van der Waals surface area contributed by atoms with Crippen LogP contribution >= 0.6 is 0 Å². The second-order valence-electron chi connectivity index (χ2n) is 8.47. The van der Waals surface area contributed by atoms with E-state index in [0.717, 1.165) is 6.42 Å². The number of ether oxygens (including phenoxy) is 1. The summed E-state index contributed by atoms with van der Waals surface area (Å²) in [6.07, 6.45) is 6.74. The Morgan fingerprint density at radius 3 is 2.74 bits per heavy atom. The van der Waals surface area contributed by atoms with Crippen molar-refractivity contribution in [1.82, 2.24) is 5.32 Å². The maximum absolute atomic E-state index is 12.9. The highest BCUT2D eigenvalue weighted by atomic mass is 16.5. The zero-order valence-electron chi connectivity index (χ0n) is 17.6. The molecule has 4 unspecified atom stereocenters. The minimum Gasteiger partial charge on any atom is -0.504 e. The van der Waals surface area contributed by atoms with E-state index in [0.29, 0.717) is 35.6 Å². The third-order valence-corrected chi connectivity index (χ3v) is 6.36. The largest absolute Gasteiger partial charge is 0.504 e. The Morgan fingerprint density at radius 1 is 1.26 bits per heavy atom. The van der Waals surface area contributed by atoms with Crippen LogP contribution in [0.3, 0.4) is 0 Å². The van der Waals surface area contributed by atoms with E-state index in [2.05, 4.69) is 17.5 Å². The number of rotatable bonds is 7. The van der Waals surface area contributed by atoms with Crippen molar-refractivity contribution < 1.29 is 24.2 Å². The standard InChI is InChI=1S/C24H27NO6/c1-13-7-20(27)23(29)24(31-13)18(16-5-6-19(26)21(10-16)30-2)11-22(28)25-12-17-9-14-3-4-15(17)8-14/h3-7,10,14-15,17-18,26,29H,8-9,11-12H2,1-2H3,(H,25,28). The highest BCUT2D eigenvalue weighted by Gasteiger charge is 2.35. The van der Waals surface area contributed by atoms with E-state index in [1.165, 1.54) is 25.7 Å². The molecule has 4 atom stereocenters. The van der Waals surface area contributed by atoms with Crippen molar-refractivity contribution in [3.8, 4) is 17.2 Å². The van der Waals surface area contributed by atoms with Crippen LogP contribution in [0.15, 0.2) is 45.6 Å². The number of nitrogens with one attached hydrogen (secondary N) is 1. The van der Waals surface area contributed by atoms with Crippen LogP contribution in [0.5, 0.6) is 17.2 Å². The Hall–Kier alpha value is -3.22. The summed E-state index contributed by atoms with van der Waals surface area (Å²) in [5, 5.41) is 23.3. The second-order valence-corrected chi connectivity index (χ2v) is 8.47. The number of fused-ring (bicyclic) bond motifs is 2. The van der Waals surface area contributed by atoms with Crippen molar-refractivity contribution >= 4 is 5.91 Å². The summed E-state index contributed by atoms with van der Waals surface area (Å²) in [5.41, 5.74) is 0.0142. The quantitative estimate of drug-likeness (QED) is 0.588. The van der Waals surface area contributed by atoms with Gasteiger partial charge in [-0.05, 0) is 55.2 Å². The van der Waals surface area contributed by atoms with Gasteiger partial charge >= 0.3 is 0 Å². The molecule has 0 aliphatic heterocycles. The fourth-order valence-corrected chi connectivity index (χ4v) is 4.77. The van der Waals surface area contributed by atoms with Gasteiger partial charge in [0.15, 0.2) is 17.3 Å². The maximum Gasteiger partial charge on any atom is 0.227 e. The van der Waals surface area contributed by atoms with Gasteiger partial charge in [-0.3, -0.25) is 9.59 Å². The summed E-state index contributed by atoms with van der Waals surface area (Å²) < 4.78 is 10.9. The van der Waals surface area contributed by atoms with Crippen LogP contribution in [0.2, 0.25) is 0 Å². The molecule has 2 aromatic rings. The fourth-order valence-electron chi connectivity index (χ4n) is 4.77. The maximum atomic E-state index is 12.9. The number of carbonyl (C=O) groups excluding carboxylic acids is 1. The molecule has 0 saturated heterocycles. The van der Waals surface area contributed by atoms with Crippen molar-refractivity contribution in [2.75, 3.05) is 13.7 Å². The molecule has 1 aromatic carbocycles. The zero-order valence-corrected chi connectivity index (χ0v) is 17.6. The molecule has 0 spiro atoms. The lowest BCUT2D eigenvalue weighted by atomic mass is 9.90. The number of hydrogen-bond acceptors (Lipinski definition) is 6. The normalized spacial score (nSPS) is 22.5. The number of carbonyl (C=O) groups is 1. The fraction of sp³-hybridized carbons (Fsp3) is 0.417. The van der Waals surface area contributed by atoms with Crippen LogP contribution in [-0.2, 0) is 4.79 Å². The molecule has 2 aliphatic carbocycles. The van der Waals surface area contributed by atoms with Crippen molar-refractivity contribution in [2.45, 2.75) is 32.1 Å². The number of aryl methyl sites for hydroxylation is 1. The molecule has 164 valence electrons. The third-order valence-electron chi connectivity index (χ3n) is 6.36. The molecule has 0 radical (unpaired) electrons. The van der Waals surface area contributed by atoms with Gasteiger partial charge in [-0.15, -0.1) is 0 Å². The van der Waals surface area contributed by atoms with E-state index in [4.69, 9.17) is 9.15 Å². The molecule has 7 heteroatoms. The van der Waals surface area contributed by atoms with Crippen LogP contribution in [0.25, 0.3) is 0 Å². The minimum absolute atomic E-state index is 0.0233. The molecule has 2 aliphatic rings. The average molecular weight is 425 g/mol. The molecule has 1 heterocycles. The van der Waals surface area contributed by atoms with Gasteiger partial charge in [0, 0.05) is 19.0 Å². The first-order chi connectivity index (χ1) is 14.9. The Balaban J connectivity index is 1.59.